The molecule has 1 atom stereocenters. The molecule has 1 fully saturated rings. The molecule has 0 spiro atoms. The van der Waals surface area contributed by atoms with Crippen molar-refractivity contribution in [3.05, 3.63) is 65.7 Å². The van der Waals surface area contributed by atoms with Gasteiger partial charge in [-0.2, -0.15) is 0 Å². The normalized spacial score (nSPS) is 18.3. The first-order valence-electron chi connectivity index (χ1n) is 10.1. The maximum atomic E-state index is 13.2. The Morgan fingerprint density at radius 2 is 1.73 bits per heavy atom. The molecule has 0 bridgehead atoms. The van der Waals surface area contributed by atoms with Gasteiger partial charge in [-0.15, -0.1) is 0 Å². The van der Waals surface area contributed by atoms with Gasteiger partial charge in [0.25, 0.3) is 5.91 Å². The van der Waals surface area contributed by atoms with Gasteiger partial charge in [-0.3, -0.25) is 14.5 Å². The van der Waals surface area contributed by atoms with E-state index in [-0.39, 0.29) is 18.4 Å². The van der Waals surface area contributed by atoms with Crippen LogP contribution in [-0.2, 0) is 21.7 Å². The summed E-state index contributed by atoms with van der Waals surface area (Å²) in [6.45, 7) is 1.98. The molecule has 1 aliphatic heterocycles. The molecule has 1 saturated heterocycles. The molecule has 0 radical (unpaired) electrons. The predicted molar refractivity (Wildman–Crippen MR) is 116 cm³/mol. The van der Waals surface area contributed by atoms with Crippen molar-refractivity contribution in [2.45, 2.75) is 31.8 Å². The third-order valence-electron chi connectivity index (χ3n) is 5.31. The zero-order chi connectivity index (χ0) is 21.7. The standard InChI is InChI=1S/C23H28N4O3/c1-4-14-23(18-8-6-5-7-9-18)21(29)27(22(30)25-23)16-20(28)24-15-17-10-12-19(13-11-17)26(2)3/h5-13H,4,14-16H2,1-3H3,(H,24,28)(H,25,30)/t23-/m0/s1. The van der Waals surface area contributed by atoms with Gasteiger partial charge in [-0.1, -0.05) is 55.8 Å². The molecule has 2 aromatic carbocycles. The van der Waals surface area contributed by atoms with E-state index in [1.807, 2.05) is 80.5 Å². The second kappa shape index (κ2) is 8.98. The molecule has 7 heteroatoms. The van der Waals surface area contributed by atoms with Crippen molar-refractivity contribution in [2.24, 2.45) is 0 Å². The first-order chi connectivity index (χ1) is 14.4. The quantitative estimate of drug-likeness (QED) is 0.658. The van der Waals surface area contributed by atoms with Gasteiger partial charge in [-0.05, 0) is 29.7 Å². The Balaban J connectivity index is 1.66. The van der Waals surface area contributed by atoms with E-state index >= 15 is 0 Å². The van der Waals surface area contributed by atoms with Crippen LogP contribution in [0.25, 0.3) is 0 Å². The molecule has 3 rings (SSSR count). The molecule has 30 heavy (non-hydrogen) atoms. The highest BCUT2D eigenvalue weighted by Crippen LogP contribution is 2.33. The Morgan fingerprint density at radius 1 is 1.07 bits per heavy atom. The summed E-state index contributed by atoms with van der Waals surface area (Å²) in [6, 6.07) is 16.5. The zero-order valence-corrected chi connectivity index (χ0v) is 17.6. The van der Waals surface area contributed by atoms with Crippen LogP contribution in [0.5, 0.6) is 0 Å². The van der Waals surface area contributed by atoms with Crippen molar-refractivity contribution >= 4 is 23.5 Å². The van der Waals surface area contributed by atoms with Gasteiger partial charge in [0, 0.05) is 26.3 Å². The Hall–Kier alpha value is -3.35. The van der Waals surface area contributed by atoms with Gasteiger partial charge in [-0.25, -0.2) is 4.79 Å². The smallest absolute Gasteiger partial charge is 0.325 e. The average molecular weight is 409 g/mol. The van der Waals surface area contributed by atoms with Crippen molar-refractivity contribution in [3.63, 3.8) is 0 Å². The summed E-state index contributed by atoms with van der Waals surface area (Å²) in [5.74, 6) is -0.762. The summed E-state index contributed by atoms with van der Waals surface area (Å²) in [5, 5.41) is 5.62. The van der Waals surface area contributed by atoms with Crippen molar-refractivity contribution in [2.75, 3.05) is 25.5 Å². The van der Waals surface area contributed by atoms with E-state index in [4.69, 9.17) is 0 Å². The van der Waals surface area contributed by atoms with Crippen LogP contribution in [0, 0.1) is 0 Å². The number of urea groups is 1. The molecule has 0 aliphatic carbocycles. The van der Waals surface area contributed by atoms with Crippen LogP contribution in [0.4, 0.5) is 10.5 Å². The van der Waals surface area contributed by atoms with E-state index in [1.54, 1.807) is 0 Å². The average Bonchev–Trinajstić information content (AvgIpc) is 2.98. The first kappa shape index (κ1) is 21.4. The van der Waals surface area contributed by atoms with E-state index < -0.39 is 11.6 Å². The summed E-state index contributed by atoms with van der Waals surface area (Å²) in [4.78, 5) is 41.2. The molecule has 1 aliphatic rings. The lowest BCUT2D eigenvalue weighted by atomic mass is 9.85. The highest BCUT2D eigenvalue weighted by atomic mass is 16.2. The fourth-order valence-corrected chi connectivity index (χ4v) is 3.69. The number of hydrogen-bond donors (Lipinski definition) is 2. The van der Waals surface area contributed by atoms with E-state index in [2.05, 4.69) is 10.6 Å². The SMILES string of the molecule is CCC[C@@]1(c2ccccc2)NC(=O)N(CC(=O)NCc2ccc(N(C)C)cc2)C1=O. The van der Waals surface area contributed by atoms with Crippen LogP contribution in [0.3, 0.4) is 0 Å². The monoisotopic (exact) mass is 408 g/mol. The number of nitrogens with zero attached hydrogens (tertiary/aromatic N) is 2. The van der Waals surface area contributed by atoms with Crippen molar-refractivity contribution in [3.8, 4) is 0 Å². The number of amides is 4. The summed E-state index contributed by atoms with van der Waals surface area (Å²) in [6.07, 6.45) is 1.18. The van der Waals surface area contributed by atoms with Crippen LogP contribution in [-0.4, -0.2) is 43.4 Å². The minimum atomic E-state index is -1.12. The van der Waals surface area contributed by atoms with Crippen molar-refractivity contribution in [1.29, 1.82) is 0 Å². The van der Waals surface area contributed by atoms with Crippen molar-refractivity contribution < 1.29 is 14.4 Å². The molecule has 158 valence electrons. The van der Waals surface area contributed by atoms with Gasteiger partial charge in [0.15, 0.2) is 0 Å². The number of carbonyl (C=O) groups is 3. The largest absolute Gasteiger partial charge is 0.378 e. The number of anilines is 1. The molecule has 4 amide bonds. The molecule has 0 saturated carbocycles. The van der Waals surface area contributed by atoms with Crippen LogP contribution in [0.1, 0.15) is 30.9 Å². The number of rotatable bonds is 8. The first-order valence-corrected chi connectivity index (χ1v) is 10.1. The highest BCUT2D eigenvalue weighted by Gasteiger charge is 2.52. The molecule has 2 N–H and O–H groups in total. The fraction of sp³-hybridized carbons (Fsp3) is 0.348. The number of carbonyl (C=O) groups excluding carboxylic acids is 3. The van der Waals surface area contributed by atoms with E-state index in [0.29, 0.717) is 19.4 Å². The van der Waals surface area contributed by atoms with Crippen LogP contribution in [0.15, 0.2) is 54.6 Å². The minimum absolute atomic E-state index is 0.307. The van der Waals surface area contributed by atoms with Crippen molar-refractivity contribution in [1.82, 2.24) is 15.5 Å². The summed E-state index contributed by atoms with van der Waals surface area (Å²) in [7, 11) is 3.92. The second-order valence-electron chi connectivity index (χ2n) is 7.68. The Morgan fingerprint density at radius 3 is 2.33 bits per heavy atom. The van der Waals surface area contributed by atoms with Crippen LogP contribution < -0.4 is 15.5 Å². The molecular weight excluding hydrogens is 380 g/mol. The number of benzene rings is 2. The molecule has 7 nitrogen and oxygen atoms in total. The lowest BCUT2D eigenvalue weighted by Gasteiger charge is -2.26. The lowest BCUT2D eigenvalue weighted by Crippen LogP contribution is -2.45. The van der Waals surface area contributed by atoms with Gasteiger partial charge in [0.2, 0.25) is 5.91 Å². The van der Waals surface area contributed by atoms with Gasteiger partial charge < -0.3 is 15.5 Å². The third-order valence-corrected chi connectivity index (χ3v) is 5.31. The van der Waals surface area contributed by atoms with Crippen LogP contribution in [0.2, 0.25) is 0 Å². The molecular formula is C23H28N4O3. The Labute approximate surface area is 177 Å². The predicted octanol–water partition coefficient (Wildman–Crippen LogP) is 2.62. The van der Waals surface area contributed by atoms with Gasteiger partial charge in [0.1, 0.15) is 12.1 Å². The third kappa shape index (κ3) is 4.30. The molecule has 0 aromatic heterocycles. The second-order valence-corrected chi connectivity index (χ2v) is 7.68. The minimum Gasteiger partial charge on any atom is -0.378 e. The summed E-state index contributed by atoms with van der Waals surface area (Å²) in [5.41, 5.74) is 1.62. The van der Waals surface area contributed by atoms with Gasteiger partial charge in [0.05, 0.1) is 0 Å². The Kier molecular flexibility index (Phi) is 6.40. The number of hydrogen-bond acceptors (Lipinski definition) is 4. The number of imide groups is 1. The van der Waals surface area contributed by atoms with Crippen LogP contribution >= 0.6 is 0 Å². The maximum Gasteiger partial charge on any atom is 0.325 e. The summed E-state index contributed by atoms with van der Waals surface area (Å²) < 4.78 is 0. The van der Waals surface area contributed by atoms with Gasteiger partial charge >= 0.3 is 6.03 Å². The van der Waals surface area contributed by atoms with E-state index in [0.717, 1.165) is 21.7 Å². The zero-order valence-electron chi connectivity index (χ0n) is 17.6. The van der Waals surface area contributed by atoms with E-state index in [9.17, 15) is 14.4 Å². The molecule has 2 aromatic rings. The summed E-state index contributed by atoms with van der Waals surface area (Å²) >= 11 is 0. The highest BCUT2D eigenvalue weighted by molar-refractivity contribution is 6.09. The maximum absolute atomic E-state index is 13.2. The molecule has 1 heterocycles. The topological polar surface area (TPSA) is 81.8 Å². The fourth-order valence-electron chi connectivity index (χ4n) is 3.69. The lowest BCUT2D eigenvalue weighted by molar-refractivity contribution is -0.135. The molecule has 0 unspecified atom stereocenters. The van der Waals surface area contributed by atoms with E-state index in [1.165, 1.54) is 0 Å². The number of nitrogens with one attached hydrogen (secondary N) is 2. The Bertz CT molecular complexity index is 912.